The van der Waals surface area contributed by atoms with Crippen LogP contribution in [0.3, 0.4) is 0 Å². The fourth-order valence-corrected chi connectivity index (χ4v) is 6.89. The van der Waals surface area contributed by atoms with E-state index in [0.29, 0.717) is 30.2 Å². The van der Waals surface area contributed by atoms with E-state index in [1.165, 1.54) is 5.56 Å². The van der Waals surface area contributed by atoms with Crippen LogP contribution < -0.4 is 10.1 Å². The molecule has 2 unspecified atom stereocenters. The van der Waals surface area contributed by atoms with Crippen molar-refractivity contribution in [2.24, 2.45) is 5.41 Å². The minimum atomic E-state index is -0.985. The summed E-state index contributed by atoms with van der Waals surface area (Å²) in [6, 6.07) is 21.6. The molecule has 0 aliphatic carbocycles. The molecule has 2 atom stereocenters. The molecule has 1 aliphatic rings. The lowest BCUT2D eigenvalue weighted by Gasteiger charge is -2.24. The summed E-state index contributed by atoms with van der Waals surface area (Å²) in [5, 5.41) is 15.2. The van der Waals surface area contributed by atoms with Gasteiger partial charge in [0.2, 0.25) is 0 Å². The molecule has 0 saturated carbocycles. The van der Waals surface area contributed by atoms with Crippen LogP contribution in [-0.2, 0) is 29.0 Å². The monoisotopic (exact) mass is 618 g/mol. The van der Waals surface area contributed by atoms with Crippen LogP contribution in [0, 0.1) is 5.41 Å². The number of benzene rings is 3. The van der Waals surface area contributed by atoms with Crippen molar-refractivity contribution in [3.05, 3.63) is 88.6 Å². The van der Waals surface area contributed by atoms with Gasteiger partial charge in [0.15, 0.2) is 11.9 Å². The molecule has 0 amide bonds. The first kappa shape index (κ1) is 31.0. The lowest BCUT2D eigenvalue weighted by molar-refractivity contribution is -0.146. The fourth-order valence-electron chi connectivity index (χ4n) is 5.58. The zero-order valence-corrected chi connectivity index (χ0v) is 27.1. The van der Waals surface area contributed by atoms with Gasteiger partial charge in [-0.05, 0) is 74.7 Å². The van der Waals surface area contributed by atoms with Crippen molar-refractivity contribution >= 4 is 51.7 Å². The lowest BCUT2D eigenvalue weighted by Crippen LogP contribution is -2.41. The summed E-state index contributed by atoms with van der Waals surface area (Å²) in [5.41, 5.74) is 4.23. The molecule has 2 N–H and O–H groups in total. The van der Waals surface area contributed by atoms with Crippen molar-refractivity contribution in [2.75, 3.05) is 5.32 Å². The first-order valence-electron chi connectivity index (χ1n) is 14.6. The Labute approximate surface area is 262 Å². The molecule has 0 spiro atoms. The zero-order chi connectivity index (χ0) is 31.1. The maximum absolute atomic E-state index is 12.9. The highest BCUT2D eigenvalue weighted by Gasteiger charge is 2.35. The van der Waals surface area contributed by atoms with Crippen LogP contribution in [0.25, 0.3) is 10.9 Å². The second kappa shape index (κ2) is 11.9. The molecule has 6 nitrogen and oxygen atoms in total. The van der Waals surface area contributed by atoms with E-state index in [-0.39, 0.29) is 16.6 Å². The quantitative estimate of drug-likeness (QED) is 0.174. The van der Waals surface area contributed by atoms with Crippen molar-refractivity contribution in [2.45, 2.75) is 82.7 Å². The predicted molar refractivity (Wildman–Crippen MR) is 176 cm³/mol. The van der Waals surface area contributed by atoms with Gasteiger partial charge in [-0.15, -0.1) is 11.8 Å². The van der Waals surface area contributed by atoms with Crippen LogP contribution in [0.5, 0.6) is 5.75 Å². The van der Waals surface area contributed by atoms with Crippen LogP contribution in [0.4, 0.5) is 5.69 Å². The first-order chi connectivity index (χ1) is 20.2. The Kier molecular flexibility index (Phi) is 8.61. The highest BCUT2D eigenvalue weighted by molar-refractivity contribution is 8.00. The number of anilines is 1. The van der Waals surface area contributed by atoms with Gasteiger partial charge in [-0.2, -0.15) is 0 Å². The summed E-state index contributed by atoms with van der Waals surface area (Å²) in [6.45, 7) is 12.1. The van der Waals surface area contributed by atoms with Crippen molar-refractivity contribution in [1.29, 1.82) is 0 Å². The third kappa shape index (κ3) is 6.89. The Balaban J connectivity index is 1.61. The second-order valence-electron chi connectivity index (χ2n) is 13.0. The van der Waals surface area contributed by atoms with E-state index < -0.39 is 17.5 Å². The molecular formula is C35H39ClN2O4S. The Morgan fingerprint density at radius 3 is 2.40 bits per heavy atom. The molecule has 8 heteroatoms. The van der Waals surface area contributed by atoms with Gasteiger partial charge < -0.3 is 19.7 Å². The predicted octanol–water partition coefficient (Wildman–Crippen LogP) is 8.26. The Morgan fingerprint density at radius 2 is 1.77 bits per heavy atom. The smallest absolute Gasteiger partial charge is 0.309 e. The van der Waals surface area contributed by atoms with Gasteiger partial charge in [0.1, 0.15) is 5.75 Å². The van der Waals surface area contributed by atoms with Gasteiger partial charge in [-0.25, -0.2) is 0 Å². The number of aliphatic carboxylic acids is 1. The molecule has 1 aromatic heterocycles. The summed E-state index contributed by atoms with van der Waals surface area (Å²) in [5.74, 6) is -0.284. The highest BCUT2D eigenvalue weighted by atomic mass is 35.5. The lowest BCUT2D eigenvalue weighted by atomic mass is 9.88. The number of rotatable bonds is 10. The van der Waals surface area contributed by atoms with Gasteiger partial charge in [-0.1, -0.05) is 62.7 Å². The van der Waals surface area contributed by atoms with Crippen LogP contribution >= 0.6 is 23.4 Å². The summed E-state index contributed by atoms with van der Waals surface area (Å²) in [6.07, 6.45) is 0.393. The van der Waals surface area contributed by atoms with Crippen LogP contribution in [0.15, 0.2) is 71.6 Å². The number of Topliss-reactive ketones (excluding diaryl/α,β-unsaturated/α-hetero) is 1. The molecule has 5 rings (SSSR count). The van der Waals surface area contributed by atoms with E-state index >= 15 is 0 Å². The van der Waals surface area contributed by atoms with E-state index in [1.807, 2.05) is 60.7 Å². The van der Waals surface area contributed by atoms with E-state index in [9.17, 15) is 14.7 Å². The number of aromatic nitrogens is 1. The number of hydrogen-bond donors (Lipinski definition) is 2. The number of thioether (sulfide) groups is 1. The summed E-state index contributed by atoms with van der Waals surface area (Å²) in [7, 11) is 0. The molecule has 4 aromatic rings. The number of hydrogen-bond acceptors (Lipinski definition) is 5. The summed E-state index contributed by atoms with van der Waals surface area (Å²) >= 11 is 7.90. The standard InChI is InChI=1S/C35H39ClN2O4S/c1-21(39)31(28-17-23-9-7-8-10-27(23)37-28)42-25-15-16-29-26(18-25)32(43-34(2,3)4)30(19-35(5,6)33(40)41)38(29)20-22-11-13-24(36)14-12-22/h7-16,18,28,31,37H,17,19-20H2,1-6H3,(H,40,41). The zero-order valence-electron chi connectivity index (χ0n) is 25.5. The third-order valence-electron chi connectivity index (χ3n) is 7.77. The number of carbonyl (C=O) groups excluding carboxylic acids is 1. The molecular weight excluding hydrogens is 580 g/mol. The number of ketones is 1. The van der Waals surface area contributed by atoms with Crippen molar-refractivity contribution in [1.82, 2.24) is 4.57 Å². The van der Waals surface area contributed by atoms with Gasteiger partial charge in [0, 0.05) is 49.9 Å². The number of carboxylic acid groups (broad SMARTS) is 1. The number of nitrogens with one attached hydrogen (secondary N) is 1. The van der Waals surface area contributed by atoms with Crippen molar-refractivity contribution in [3.8, 4) is 5.75 Å². The molecule has 1 aliphatic heterocycles. The van der Waals surface area contributed by atoms with Crippen molar-refractivity contribution < 1.29 is 19.4 Å². The summed E-state index contributed by atoms with van der Waals surface area (Å²) in [4.78, 5) is 26.2. The Hall–Kier alpha value is -3.42. The van der Waals surface area contributed by atoms with E-state index in [4.69, 9.17) is 16.3 Å². The minimum Gasteiger partial charge on any atom is -0.481 e. The number of ether oxygens (including phenoxy) is 1. The molecule has 0 fully saturated rings. The largest absolute Gasteiger partial charge is 0.481 e. The maximum atomic E-state index is 12.9. The minimum absolute atomic E-state index is 0.0427. The number of carboxylic acids is 1. The van der Waals surface area contributed by atoms with Crippen molar-refractivity contribution in [3.63, 3.8) is 0 Å². The molecule has 43 heavy (non-hydrogen) atoms. The molecule has 3 aromatic carbocycles. The van der Waals surface area contributed by atoms with Crippen LogP contribution in [0.2, 0.25) is 5.02 Å². The normalized spacial score (nSPS) is 15.7. The second-order valence-corrected chi connectivity index (χ2v) is 15.3. The molecule has 226 valence electrons. The number of para-hydroxylation sites is 1. The number of carbonyl (C=O) groups is 2. The number of fused-ring (bicyclic) bond motifs is 2. The Morgan fingerprint density at radius 1 is 1.07 bits per heavy atom. The molecule has 0 saturated heterocycles. The van der Waals surface area contributed by atoms with Gasteiger partial charge in [-0.3, -0.25) is 9.59 Å². The number of halogens is 1. The first-order valence-corrected chi connectivity index (χ1v) is 15.7. The third-order valence-corrected chi connectivity index (χ3v) is 9.29. The SMILES string of the molecule is CC(=O)C(Oc1ccc2c(c1)c(SC(C)(C)C)c(CC(C)(C)C(=O)O)n2Cc1ccc(Cl)cc1)C1Cc2ccccc2N1. The highest BCUT2D eigenvalue weighted by Crippen LogP contribution is 2.44. The number of nitrogens with zero attached hydrogens (tertiary/aromatic N) is 1. The van der Waals surface area contributed by atoms with Crippen LogP contribution in [0.1, 0.15) is 58.4 Å². The van der Waals surface area contributed by atoms with Gasteiger partial charge in [0.05, 0.1) is 11.5 Å². The fraction of sp³-hybridized carbons (Fsp3) is 0.371. The van der Waals surface area contributed by atoms with Gasteiger partial charge in [0.25, 0.3) is 0 Å². The molecule has 0 radical (unpaired) electrons. The summed E-state index contributed by atoms with van der Waals surface area (Å²) < 4.78 is 8.55. The van der Waals surface area contributed by atoms with E-state index in [1.54, 1.807) is 32.5 Å². The average Bonchev–Trinajstić information content (AvgIpc) is 3.47. The van der Waals surface area contributed by atoms with Crippen LogP contribution in [-0.4, -0.2) is 38.3 Å². The average molecular weight is 619 g/mol. The van der Waals surface area contributed by atoms with E-state index in [0.717, 1.165) is 32.7 Å². The topological polar surface area (TPSA) is 80.6 Å². The van der Waals surface area contributed by atoms with E-state index in [2.05, 4.69) is 36.7 Å². The Bertz CT molecular complexity index is 1640. The molecule has 0 bridgehead atoms. The molecule has 2 heterocycles. The van der Waals surface area contributed by atoms with Gasteiger partial charge >= 0.3 is 5.97 Å². The maximum Gasteiger partial charge on any atom is 0.309 e.